The van der Waals surface area contributed by atoms with Crippen molar-refractivity contribution in [3.63, 3.8) is 0 Å². The third-order valence-electron chi connectivity index (χ3n) is 3.22. The molecule has 17 heavy (non-hydrogen) atoms. The molecule has 0 bridgehead atoms. The minimum absolute atomic E-state index is 0. The average Bonchev–Trinajstić information content (AvgIpc) is 2.68. The van der Waals surface area contributed by atoms with Crippen LogP contribution < -0.4 is 10.6 Å². The van der Waals surface area contributed by atoms with Crippen LogP contribution in [-0.4, -0.2) is 35.2 Å². The van der Waals surface area contributed by atoms with Crippen LogP contribution in [-0.2, 0) is 0 Å². The van der Waals surface area contributed by atoms with Gasteiger partial charge in [0, 0.05) is 18.3 Å². The molecule has 1 aliphatic rings. The molecule has 2 rings (SSSR count). The molecule has 0 saturated carbocycles. The predicted molar refractivity (Wildman–Crippen MR) is 68.5 cm³/mol. The molecule has 0 aromatic carbocycles. The number of aromatic amines is 1. The molecule has 1 aromatic heterocycles. The minimum atomic E-state index is -0.0354. The Hall–Kier alpha value is -1.07. The summed E-state index contributed by atoms with van der Waals surface area (Å²) in [6.07, 6.45) is 2.68. The summed E-state index contributed by atoms with van der Waals surface area (Å²) in [4.78, 5) is 11.9. The number of aryl methyl sites for hydroxylation is 1. The Morgan fingerprint density at radius 3 is 2.94 bits per heavy atom. The number of hydrogen-bond acceptors (Lipinski definition) is 3. The van der Waals surface area contributed by atoms with E-state index in [-0.39, 0.29) is 24.4 Å². The predicted octanol–water partition coefficient (Wildman–Crippen LogP) is 0.868. The molecule has 0 spiro atoms. The van der Waals surface area contributed by atoms with E-state index in [1.807, 2.05) is 6.92 Å². The van der Waals surface area contributed by atoms with Crippen molar-refractivity contribution in [3.05, 3.63) is 17.5 Å². The minimum Gasteiger partial charge on any atom is -0.348 e. The van der Waals surface area contributed by atoms with Gasteiger partial charge in [0.25, 0.3) is 5.91 Å². The highest BCUT2D eigenvalue weighted by molar-refractivity contribution is 5.95. The standard InChI is InChI=1S/C11H18N4O.ClH/c1-7-3-4-12-6-10(7)14-11(16)9-5-13-15-8(9)2;/h5,7,10,12H,3-4,6H2,1-2H3,(H,13,15)(H,14,16);1H. The number of carbonyl (C=O) groups is 1. The zero-order valence-corrected chi connectivity index (χ0v) is 10.9. The number of H-pyrrole nitrogens is 1. The number of halogens is 1. The Balaban J connectivity index is 0.00000144. The summed E-state index contributed by atoms with van der Waals surface area (Å²) in [5.74, 6) is 0.490. The fourth-order valence-corrected chi connectivity index (χ4v) is 2.01. The lowest BCUT2D eigenvalue weighted by Crippen LogP contribution is -2.50. The van der Waals surface area contributed by atoms with Crippen LogP contribution in [0.5, 0.6) is 0 Å². The molecular formula is C11H19ClN4O. The van der Waals surface area contributed by atoms with E-state index in [1.54, 1.807) is 6.20 Å². The van der Waals surface area contributed by atoms with Gasteiger partial charge in [-0.2, -0.15) is 5.10 Å². The van der Waals surface area contributed by atoms with Gasteiger partial charge in [0.05, 0.1) is 11.8 Å². The van der Waals surface area contributed by atoms with Crippen LogP contribution in [0, 0.1) is 12.8 Å². The van der Waals surface area contributed by atoms with Gasteiger partial charge in [0.15, 0.2) is 0 Å². The van der Waals surface area contributed by atoms with Crippen LogP contribution in [0.1, 0.15) is 29.4 Å². The van der Waals surface area contributed by atoms with Crippen LogP contribution >= 0.6 is 12.4 Å². The van der Waals surface area contributed by atoms with Crippen LogP contribution in [0.3, 0.4) is 0 Å². The van der Waals surface area contributed by atoms with E-state index < -0.39 is 0 Å². The number of nitrogens with zero attached hydrogens (tertiary/aromatic N) is 1. The molecule has 1 saturated heterocycles. The lowest BCUT2D eigenvalue weighted by Gasteiger charge is -2.30. The van der Waals surface area contributed by atoms with E-state index in [0.717, 1.165) is 25.2 Å². The van der Waals surface area contributed by atoms with Gasteiger partial charge in [-0.3, -0.25) is 9.89 Å². The fraction of sp³-hybridized carbons (Fsp3) is 0.636. The van der Waals surface area contributed by atoms with E-state index in [4.69, 9.17) is 0 Å². The first-order valence-electron chi connectivity index (χ1n) is 5.70. The second kappa shape index (κ2) is 6.02. The summed E-state index contributed by atoms with van der Waals surface area (Å²) >= 11 is 0. The largest absolute Gasteiger partial charge is 0.348 e. The van der Waals surface area contributed by atoms with E-state index in [2.05, 4.69) is 27.8 Å². The maximum absolute atomic E-state index is 11.9. The van der Waals surface area contributed by atoms with E-state index >= 15 is 0 Å². The van der Waals surface area contributed by atoms with Gasteiger partial charge in [-0.05, 0) is 25.8 Å². The molecule has 6 heteroatoms. The van der Waals surface area contributed by atoms with Crippen molar-refractivity contribution in [1.29, 1.82) is 0 Å². The van der Waals surface area contributed by atoms with Gasteiger partial charge in [-0.1, -0.05) is 6.92 Å². The Morgan fingerprint density at radius 2 is 2.35 bits per heavy atom. The van der Waals surface area contributed by atoms with Gasteiger partial charge in [-0.25, -0.2) is 0 Å². The molecule has 1 amide bonds. The number of rotatable bonds is 2. The first kappa shape index (κ1) is 14.0. The Kier molecular flexibility index (Phi) is 4.96. The second-order valence-corrected chi connectivity index (χ2v) is 4.46. The quantitative estimate of drug-likeness (QED) is 0.737. The van der Waals surface area contributed by atoms with E-state index in [1.165, 1.54) is 0 Å². The summed E-state index contributed by atoms with van der Waals surface area (Å²) in [5.41, 5.74) is 1.45. The number of hydrogen-bond donors (Lipinski definition) is 3. The number of aromatic nitrogens is 2. The molecule has 1 fully saturated rings. The number of amides is 1. The summed E-state index contributed by atoms with van der Waals surface area (Å²) in [6.45, 7) is 5.92. The molecular weight excluding hydrogens is 240 g/mol. The first-order chi connectivity index (χ1) is 7.68. The Labute approximate surface area is 107 Å². The van der Waals surface area contributed by atoms with Crippen molar-refractivity contribution in [2.75, 3.05) is 13.1 Å². The zero-order chi connectivity index (χ0) is 11.5. The molecule has 2 atom stereocenters. The normalized spacial score (nSPS) is 23.9. The molecule has 3 N–H and O–H groups in total. The molecule has 2 heterocycles. The van der Waals surface area contributed by atoms with Crippen LogP contribution in [0.4, 0.5) is 0 Å². The highest BCUT2D eigenvalue weighted by Crippen LogP contribution is 2.12. The van der Waals surface area contributed by atoms with Crippen molar-refractivity contribution in [3.8, 4) is 0 Å². The highest BCUT2D eigenvalue weighted by Gasteiger charge is 2.23. The van der Waals surface area contributed by atoms with Gasteiger partial charge in [-0.15, -0.1) is 12.4 Å². The first-order valence-corrected chi connectivity index (χ1v) is 5.70. The Morgan fingerprint density at radius 1 is 1.59 bits per heavy atom. The van der Waals surface area contributed by atoms with Crippen LogP contribution in [0.2, 0.25) is 0 Å². The monoisotopic (exact) mass is 258 g/mol. The average molecular weight is 259 g/mol. The summed E-state index contributed by atoms with van der Waals surface area (Å²) < 4.78 is 0. The van der Waals surface area contributed by atoms with Crippen molar-refractivity contribution in [2.45, 2.75) is 26.3 Å². The number of piperidine rings is 1. The van der Waals surface area contributed by atoms with Gasteiger partial charge in [0.1, 0.15) is 0 Å². The lowest BCUT2D eigenvalue weighted by atomic mass is 9.94. The molecule has 1 aromatic rings. The summed E-state index contributed by atoms with van der Waals surface area (Å²) in [5, 5.41) is 13.0. The van der Waals surface area contributed by atoms with Crippen LogP contribution in [0.15, 0.2) is 6.20 Å². The molecule has 0 radical (unpaired) electrons. The summed E-state index contributed by atoms with van der Waals surface area (Å²) in [7, 11) is 0. The highest BCUT2D eigenvalue weighted by atomic mass is 35.5. The third kappa shape index (κ3) is 3.20. The number of carbonyl (C=O) groups excluding carboxylic acids is 1. The van der Waals surface area contributed by atoms with E-state index in [9.17, 15) is 4.79 Å². The maximum atomic E-state index is 11.9. The maximum Gasteiger partial charge on any atom is 0.255 e. The SMILES string of the molecule is Cc1[nH]ncc1C(=O)NC1CNCCC1C.Cl. The lowest BCUT2D eigenvalue weighted by molar-refractivity contribution is 0.0914. The van der Waals surface area contributed by atoms with E-state index in [0.29, 0.717) is 11.5 Å². The third-order valence-corrected chi connectivity index (χ3v) is 3.22. The Bertz CT molecular complexity index is 379. The molecule has 96 valence electrons. The second-order valence-electron chi connectivity index (χ2n) is 4.46. The van der Waals surface area contributed by atoms with Gasteiger partial charge < -0.3 is 10.6 Å². The van der Waals surface area contributed by atoms with Crippen molar-refractivity contribution in [2.24, 2.45) is 5.92 Å². The molecule has 0 aliphatic carbocycles. The zero-order valence-electron chi connectivity index (χ0n) is 10.1. The van der Waals surface area contributed by atoms with Gasteiger partial charge >= 0.3 is 0 Å². The molecule has 2 unspecified atom stereocenters. The van der Waals surface area contributed by atoms with Crippen molar-refractivity contribution in [1.82, 2.24) is 20.8 Å². The molecule has 5 nitrogen and oxygen atoms in total. The van der Waals surface area contributed by atoms with Crippen LogP contribution in [0.25, 0.3) is 0 Å². The smallest absolute Gasteiger partial charge is 0.255 e. The van der Waals surface area contributed by atoms with Crippen molar-refractivity contribution < 1.29 is 4.79 Å². The topological polar surface area (TPSA) is 69.8 Å². The van der Waals surface area contributed by atoms with Gasteiger partial charge in [0.2, 0.25) is 0 Å². The summed E-state index contributed by atoms with van der Waals surface area (Å²) in [6, 6.07) is 0.218. The fourth-order valence-electron chi connectivity index (χ4n) is 2.01. The molecule has 1 aliphatic heterocycles. The number of nitrogens with one attached hydrogen (secondary N) is 3. The van der Waals surface area contributed by atoms with Crippen molar-refractivity contribution >= 4 is 18.3 Å².